The Morgan fingerprint density at radius 3 is 2.54 bits per heavy atom. The van der Waals surface area contributed by atoms with Gasteiger partial charge in [-0.05, 0) is 30.0 Å². The van der Waals surface area contributed by atoms with Gasteiger partial charge in [0.05, 0.1) is 27.3 Å². The van der Waals surface area contributed by atoms with Crippen LogP contribution in [-0.4, -0.2) is 4.40 Å². The minimum absolute atomic E-state index is 0.178. The summed E-state index contributed by atoms with van der Waals surface area (Å²) in [5.41, 5.74) is 5.24. The minimum atomic E-state index is -0.178. The van der Waals surface area contributed by atoms with E-state index < -0.39 is 0 Å². The third-order valence-corrected chi connectivity index (χ3v) is 5.73. The zero-order valence-electron chi connectivity index (χ0n) is 14.5. The molecule has 0 unspecified atom stereocenters. The number of para-hydroxylation sites is 1. The number of pyridine rings is 2. The average molecular weight is 339 g/mol. The quantitative estimate of drug-likeness (QED) is 0.203. The second-order valence-corrected chi connectivity index (χ2v) is 7.14. The van der Waals surface area contributed by atoms with Crippen LogP contribution in [0.4, 0.5) is 4.39 Å². The van der Waals surface area contributed by atoms with E-state index in [1.807, 2.05) is 6.07 Å². The zero-order valence-corrected chi connectivity index (χ0v) is 14.5. The first-order chi connectivity index (χ1) is 12.7. The maximum absolute atomic E-state index is 14.9. The first-order valence-electron chi connectivity index (χ1n) is 8.81. The smallest absolute Gasteiger partial charge is 0.224 e. The zero-order chi connectivity index (χ0) is 17.6. The highest BCUT2D eigenvalue weighted by atomic mass is 19.1. The molecule has 0 atom stereocenters. The molecular formula is C23H16FN2+. The van der Waals surface area contributed by atoms with Crippen LogP contribution in [0.15, 0.2) is 60.8 Å². The molecule has 6 rings (SSSR count). The molecule has 0 saturated carbocycles. The third-order valence-electron chi connectivity index (χ3n) is 5.73. The molecule has 6 aromatic rings. The van der Waals surface area contributed by atoms with Crippen molar-refractivity contribution in [1.82, 2.24) is 4.40 Å². The summed E-state index contributed by atoms with van der Waals surface area (Å²) in [7, 11) is 2.09. The van der Waals surface area contributed by atoms with Crippen LogP contribution in [0.1, 0.15) is 5.56 Å². The standard InChI is InChI=1S/C23H16FN2/c1-13-9-10-16-15-6-4-7-17(24)21(15)26-18-8-3-5-14-11-12-25(2)23(20(14)18)19(13)22(16)26/h3-12H,1-2H3/q+1. The van der Waals surface area contributed by atoms with Gasteiger partial charge in [0.15, 0.2) is 6.20 Å². The van der Waals surface area contributed by atoms with Gasteiger partial charge < -0.3 is 4.40 Å². The lowest BCUT2D eigenvalue weighted by Crippen LogP contribution is -2.28. The summed E-state index contributed by atoms with van der Waals surface area (Å²) in [5.74, 6) is -0.178. The average Bonchev–Trinajstić information content (AvgIpc) is 2.99. The second kappa shape index (κ2) is 4.50. The largest absolute Gasteiger partial charge is 0.305 e. The topological polar surface area (TPSA) is 8.29 Å². The monoisotopic (exact) mass is 339 g/mol. The predicted molar refractivity (Wildman–Crippen MR) is 104 cm³/mol. The molecule has 0 spiro atoms. The number of benzene rings is 3. The van der Waals surface area contributed by atoms with Crippen LogP contribution >= 0.6 is 0 Å². The predicted octanol–water partition coefficient (Wildman–Crippen LogP) is 5.26. The van der Waals surface area contributed by atoms with E-state index in [0.717, 1.165) is 21.8 Å². The van der Waals surface area contributed by atoms with Crippen LogP contribution in [0.3, 0.4) is 0 Å². The van der Waals surface area contributed by atoms with Crippen molar-refractivity contribution in [3.8, 4) is 0 Å². The van der Waals surface area contributed by atoms with Gasteiger partial charge in [-0.25, -0.2) is 8.96 Å². The van der Waals surface area contributed by atoms with Crippen molar-refractivity contribution in [3.63, 3.8) is 0 Å². The maximum Gasteiger partial charge on any atom is 0.224 e. The minimum Gasteiger partial charge on any atom is -0.305 e. The first kappa shape index (κ1) is 14.0. The summed E-state index contributed by atoms with van der Waals surface area (Å²) in [5, 5.41) is 5.63. The van der Waals surface area contributed by atoms with Gasteiger partial charge >= 0.3 is 0 Å². The molecule has 0 aliphatic rings. The molecule has 0 saturated heterocycles. The fourth-order valence-corrected chi connectivity index (χ4v) is 4.64. The van der Waals surface area contributed by atoms with Crippen LogP contribution in [0, 0.1) is 12.7 Å². The molecule has 124 valence electrons. The van der Waals surface area contributed by atoms with E-state index in [9.17, 15) is 4.39 Å². The summed E-state index contributed by atoms with van der Waals surface area (Å²) in [6.45, 7) is 2.14. The van der Waals surface area contributed by atoms with Crippen molar-refractivity contribution in [1.29, 1.82) is 0 Å². The van der Waals surface area contributed by atoms with Crippen molar-refractivity contribution < 1.29 is 8.96 Å². The van der Waals surface area contributed by atoms with Gasteiger partial charge in [0.1, 0.15) is 12.9 Å². The normalized spacial score (nSPS) is 12.4. The number of fused-ring (bicyclic) bond motifs is 5. The Morgan fingerprint density at radius 2 is 1.65 bits per heavy atom. The maximum atomic E-state index is 14.9. The van der Waals surface area contributed by atoms with Crippen LogP contribution in [0.25, 0.3) is 49.0 Å². The Labute approximate surface area is 149 Å². The fourth-order valence-electron chi connectivity index (χ4n) is 4.64. The molecular weight excluding hydrogens is 323 g/mol. The van der Waals surface area contributed by atoms with Crippen molar-refractivity contribution >= 4 is 49.0 Å². The Bertz CT molecular complexity index is 1510. The molecule has 0 bridgehead atoms. The van der Waals surface area contributed by atoms with E-state index in [2.05, 4.69) is 65.5 Å². The van der Waals surface area contributed by atoms with Crippen LogP contribution in [0.2, 0.25) is 0 Å². The number of halogens is 1. The number of nitrogens with zero attached hydrogens (tertiary/aromatic N) is 2. The number of aryl methyl sites for hydroxylation is 2. The van der Waals surface area contributed by atoms with E-state index in [0.29, 0.717) is 5.52 Å². The summed E-state index contributed by atoms with van der Waals surface area (Å²) in [6, 6.07) is 18.1. The molecule has 0 fully saturated rings. The Hall–Kier alpha value is -3.20. The molecule has 3 aromatic heterocycles. The van der Waals surface area contributed by atoms with E-state index in [-0.39, 0.29) is 5.82 Å². The summed E-state index contributed by atoms with van der Waals surface area (Å²) < 4.78 is 19.2. The van der Waals surface area contributed by atoms with Gasteiger partial charge in [-0.1, -0.05) is 36.4 Å². The number of hydrogen-bond donors (Lipinski definition) is 0. The van der Waals surface area contributed by atoms with Gasteiger partial charge in [-0.2, -0.15) is 0 Å². The van der Waals surface area contributed by atoms with Crippen molar-refractivity contribution in [2.24, 2.45) is 7.05 Å². The van der Waals surface area contributed by atoms with Crippen LogP contribution in [0.5, 0.6) is 0 Å². The fraction of sp³-hybridized carbons (Fsp3) is 0.0870. The molecule has 0 aliphatic heterocycles. The molecule has 0 radical (unpaired) electrons. The Morgan fingerprint density at radius 1 is 0.846 bits per heavy atom. The van der Waals surface area contributed by atoms with E-state index in [1.54, 1.807) is 12.1 Å². The van der Waals surface area contributed by atoms with Crippen molar-refractivity contribution in [2.75, 3.05) is 0 Å². The third kappa shape index (κ3) is 1.46. The lowest BCUT2D eigenvalue weighted by molar-refractivity contribution is -0.643. The molecule has 0 amide bonds. The lowest BCUT2D eigenvalue weighted by Gasteiger charge is -2.12. The van der Waals surface area contributed by atoms with Gasteiger partial charge in [0.25, 0.3) is 0 Å². The number of hydrogen-bond acceptors (Lipinski definition) is 0. The number of aromatic nitrogens is 2. The first-order valence-corrected chi connectivity index (χ1v) is 8.81. The molecule has 0 aliphatic carbocycles. The Kier molecular flexibility index (Phi) is 2.42. The summed E-state index contributed by atoms with van der Waals surface area (Å²) in [6.07, 6.45) is 2.11. The van der Waals surface area contributed by atoms with E-state index in [1.165, 1.54) is 27.2 Å². The van der Waals surface area contributed by atoms with Crippen LogP contribution < -0.4 is 4.57 Å². The van der Waals surface area contributed by atoms with Gasteiger partial charge in [0.2, 0.25) is 5.52 Å². The van der Waals surface area contributed by atoms with Gasteiger partial charge in [0, 0.05) is 16.8 Å². The van der Waals surface area contributed by atoms with Crippen molar-refractivity contribution in [3.05, 3.63) is 72.2 Å². The highest BCUT2D eigenvalue weighted by molar-refractivity contribution is 6.25. The molecule has 3 heterocycles. The Balaban J connectivity index is 2.18. The van der Waals surface area contributed by atoms with Crippen molar-refractivity contribution in [2.45, 2.75) is 6.92 Å². The molecule has 2 nitrogen and oxygen atoms in total. The highest BCUT2D eigenvalue weighted by Gasteiger charge is 2.24. The second-order valence-electron chi connectivity index (χ2n) is 7.14. The molecule has 3 heteroatoms. The molecule has 3 aromatic carbocycles. The SMILES string of the molecule is Cc1ccc2c3cccc(F)c3n3c4cccc5cc[n+](C)c(c1c23)c54. The number of rotatable bonds is 0. The van der Waals surface area contributed by atoms with Crippen LogP contribution in [-0.2, 0) is 7.05 Å². The van der Waals surface area contributed by atoms with Gasteiger partial charge in [-0.3, -0.25) is 0 Å². The van der Waals surface area contributed by atoms with Gasteiger partial charge in [-0.15, -0.1) is 0 Å². The van der Waals surface area contributed by atoms with E-state index in [4.69, 9.17) is 0 Å². The highest BCUT2D eigenvalue weighted by Crippen LogP contribution is 2.40. The molecule has 26 heavy (non-hydrogen) atoms. The summed E-state index contributed by atoms with van der Waals surface area (Å²) in [4.78, 5) is 0. The molecule has 0 N–H and O–H groups in total. The lowest BCUT2D eigenvalue weighted by atomic mass is 10.00. The summed E-state index contributed by atoms with van der Waals surface area (Å²) >= 11 is 0. The van der Waals surface area contributed by atoms with E-state index >= 15 is 0 Å².